The van der Waals surface area contributed by atoms with Crippen LogP contribution in [-0.4, -0.2) is 11.5 Å². The Morgan fingerprint density at radius 3 is 2.93 bits per heavy atom. The topological polar surface area (TPSA) is 48.7 Å². The highest BCUT2D eigenvalue weighted by atomic mass is 35.5. The summed E-state index contributed by atoms with van der Waals surface area (Å²) in [6.45, 7) is 5.13. The van der Waals surface area contributed by atoms with Crippen LogP contribution in [0.5, 0.6) is 0 Å². The molecular formula is C11H14ClN3. The van der Waals surface area contributed by atoms with Crippen LogP contribution < -0.4 is 5.32 Å². The lowest BCUT2D eigenvalue weighted by Gasteiger charge is -2.09. The molecule has 1 rings (SSSR count). The molecule has 0 saturated heterocycles. The third-order valence-corrected chi connectivity index (χ3v) is 2.41. The number of pyridine rings is 1. The van der Waals surface area contributed by atoms with Crippen LogP contribution in [0, 0.1) is 17.2 Å². The lowest BCUT2D eigenvalue weighted by molar-refractivity contribution is 0.606. The van der Waals surface area contributed by atoms with Crippen LogP contribution in [-0.2, 0) is 0 Å². The van der Waals surface area contributed by atoms with Crippen molar-refractivity contribution >= 4 is 17.4 Å². The molecule has 15 heavy (non-hydrogen) atoms. The molecule has 80 valence electrons. The van der Waals surface area contributed by atoms with Crippen LogP contribution in [0.2, 0.25) is 5.02 Å². The van der Waals surface area contributed by atoms with Gasteiger partial charge in [0.2, 0.25) is 0 Å². The molecule has 0 radical (unpaired) electrons. The predicted molar refractivity (Wildman–Crippen MR) is 61.9 cm³/mol. The maximum atomic E-state index is 8.77. The van der Waals surface area contributed by atoms with Gasteiger partial charge in [-0.05, 0) is 18.4 Å². The van der Waals surface area contributed by atoms with Crippen molar-refractivity contribution in [2.24, 2.45) is 5.92 Å². The van der Waals surface area contributed by atoms with Crippen molar-refractivity contribution in [1.82, 2.24) is 4.98 Å². The molecule has 1 heterocycles. The number of rotatable bonds is 4. The summed E-state index contributed by atoms with van der Waals surface area (Å²) in [6, 6.07) is 3.63. The summed E-state index contributed by atoms with van der Waals surface area (Å²) in [5.74, 6) is 1.23. The molecule has 4 heteroatoms. The zero-order valence-corrected chi connectivity index (χ0v) is 9.67. The van der Waals surface area contributed by atoms with Crippen LogP contribution in [0.4, 0.5) is 5.82 Å². The molecular weight excluding hydrogens is 210 g/mol. The van der Waals surface area contributed by atoms with Crippen LogP contribution in [0.15, 0.2) is 12.3 Å². The summed E-state index contributed by atoms with van der Waals surface area (Å²) in [4.78, 5) is 4.09. The largest absolute Gasteiger partial charge is 0.369 e. The van der Waals surface area contributed by atoms with Gasteiger partial charge in [-0.3, -0.25) is 0 Å². The average molecular weight is 224 g/mol. The Kier molecular flexibility index (Phi) is 4.38. The van der Waals surface area contributed by atoms with E-state index in [1.165, 1.54) is 0 Å². The fourth-order valence-electron chi connectivity index (χ4n) is 1.13. The Morgan fingerprint density at radius 1 is 1.60 bits per heavy atom. The molecule has 1 N–H and O–H groups in total. The number of nitriles is 1. The number of anilines is 1. The lowest BCUT2D eigenvalue weighted by atomic mass is 10.1. The minimum Gasteiger partial charge on any atom is -0.369 e. The second-order valence-corrected chi connectivity index (χ2v) is 4.12. The van der Waals surface area contributed by atoms with Gasteiger partial charge >= 0.3 is 0 Å². The Bertz CT molecular complexity index is 369. The molecule has 0 atom stereocenters. The summed E-state index contributed by atoms with van der Waals surface area (Å²) in [5.41, 5.74) is 0.457. The van der Waals surface area contributed by atoms with E-state index in [4.69, 9.17) is 16.9 Å². The number of nitrogens with one attached hydrogen (secondary N) is 1. The van der Waals surface area contributed by atoms with Gasteiger partial charge in [-0.25, -0.2) is 4.98 Å². The zero-order chi connectivity index (χ0) is 11.3. The third kappa shape index (κ3) is 3.41. The van der Waals surface area contributed by atoms with Gasteiger partial charge in [0.05, 0.1) is 5.56 Å². The number of hydrogen-bond acceptors (Lipinski definition) is 3. The van der Waals surface area contributed by atoms with Crippen molar-refractivity contribution in [3.8, 4) is 6.07 Å². The molecule has 0 aliphatic rings. The fourth-order valence-corrected chi connectivity index (χ4v) is 1.35. The molecule has 0 fully saturated rings. The normalized spacial score (nSPS) is 10.1. The molecule has 1 aromatic heterocycles. The molecule has 0 aliphatic heterocycles. The zero-order valence-electron chi connectivity index (χ0n) is 8.92. The predicted octanol–water partition coefficient (Wildman–Crippen LogP) is 3.06. The van der Waals surface area contributed by atoms with Gasteiger partial charge in [-0.1, -0.05) is 25.4 Å². The Morgan fingerprint density at radius 2 is 2.33 bits per heavy atom. The van der Waals surface area contributed by atoms with Gasteiger partial charge in [-0.15, -0.1) is 0 Å². The first kappa shape index (κ1) is 11.8. The van der Waals surface area contributed by atoms with E-state index in [2.05, 4.69) is 24.1 Å². The van der Waals surface area contributed by atoms with E-state index >= 15 is 0 Å². The highest BCUT2D eigenvalue weighted by molar-refractivity contribution is 6.34. The summed E-state index contributed by atoms with van der Waals surface area (Å²) in [6.07, 6.45) is 2.64. The van der Waals surface area contributed by atoms with Gasteiger partial charge in [0.15, 0.2) is 0 Å². The maximum Gasteiger partial charge on any atom is 0.146 e. The van der Waals surface area contributed by atoms with Crippen molar-refractivity contribution in [3.63, 3.8) is 0 Å². The molecule has 0 saturated carbocycles. The highest BCUT2D eigenvalue weighted by Crippen LogP contribution is 2.22. The van der Waals surface area contributed by atoms with Crippen LogP contribution in [0.1, 0.15) is 25.8 Å². The summed E-state index contributed by atoms with van der Waals surface area (Å²) in [5, 5.41) is 12.3. The van der Waals surface area contributed by atoms with Crippen molar-refractivity contribution in [2.45, 2.75) is 20.3 Å². The first-order chi connectivity index (χ1) is 7.15. The molecule has 0 spiro atoms. The average Bonchev–Trinajstić information content (AvgIpc) is 2.20. The number of hydrogen-bond donors (Lipinski definition) is 1. The number of nitrogens with zero attached hydrogens (tertiary/aromatic N) is 2. The molecule has 0 amide bonds. The summed E-state index contributed by atoms with van der Waals surface area (Å²) >= 11 is 5.98. The van der Waals surface area contributed by atoms with E-state index in [1.54, 1.807) is 12.3 Å². The van der Waals surface area contributed by atoms with Crippen LogP contribution in [0.3, 0.4) is 0 Å². The molecule has 1 aromatic rings. The van der Waals surface area contributed by atoms with E-state index in [-0.39, 0.29) is 0 Å². The standard InChI is InChI=1S/C11H14ClN3/c1-8(2)3-5-14-11-10(12)9(7-13)4-6-15-11/h4,6,8H,3,5H2,1-2H3,(H,14,15). The second-order valence-electron chi connectivity index (χ2n) is 3.74. The molecule has 3 nitrogen and oxygen atoms in total. The van der Waals surface area contributed by atoms with Crippen LogP contribution >= 0.6 is 11.6 Å². The minimum atomic E-state index is 0.406. The fraction of sp³-hybridized carbons (Fsp3) is 0.455. The maximum absolute atomic E-state index is 8.77. The van der Waals surface area contributed by atoms with E-state index < -0.39 is 0 Å². The lowest BCUT2D eigenvalue weighted by Crippen LogP contribution is -2.06. The molecule has 0 aliphatic carbocycles. The SMILES string of the molecule is CC(C)CCNc1nccc(C#N)c1Cl. The monoisotopic (exact) mass is 223 g/mol. The molecule has 0 bridgehead atoms. The van der Waals surface area contributed by atoms with Crippen molar-refractivity contribution in [2.75, 3.05) is 11.9 Å². The summed E-state index contributed by atoms with van der Waals surface area (Å²) < 4.78 is 0. The Hall–Kier alpha value is -1.27. The van der Waals surface area contributed by atoms with Gasteiger partial charge < -0.3 is 5.32 Å². The summed E-state index contributed by atoms with van der Waals surface area (Å²) in [7, 11) is 0. The van der Waals surface area contributed by atoms with E-state index in [0.717, 1.165) is 13.0 Å². The van der Waals surface area contributed by atoms with Crippen molar-refractivity contribution < 1.29 is 0 Å². The number of halogens is 1. The first-order valence-electron chi connectivity index (χ1n) is 4.93. The van der Waals surface area contributed by atoms with E-state index in [1.807, 2.05) is 6.07 Å². The van der Waals surface area contributed by atoms with Crippen molar-refractivity contribution in [1.29, 1.82) is 5.26 Å². The van der Waals surface area contributed by atoms with Gasteiger partial charge in [0.1, 0.15) is 16.9 Å². The van der Waals surface area contributed by atoms with E-state index in [0.29, 0.717) is 22.3 Å². The highest BCUT2D eigenvalue weighted by Gasteiger charge is 2.06. The smallest absolute Gasteiger partial charge is 0.146 e. The molecule has 0 unspecified atom stereocenters. The van der Waals surface area contributed by atoms with Gasteiger partial charge in [-0.2, -0.15) is 5.26 Å². The Labute approximate surface area is 95.1 Å². The Balaban J connectivity index is 2.66. The minimum absolute atomic E-state index is 0.406. The quantitative estimate of drug-likeness (QED) is 0.854. The van der Waals surface area contributed by atoms with Gasteiger partial charge in [0, 0.05) is 12.7 Å². The number of aromatic nitrogens is 1. The second kappa shape index (κ2) is 5.57. The first-order valence-corrected chi connectivity index (χ1v) is 5.31. The van der Waals surface area contributed by atoms with Crippen molar-refractivity contribution in [3.05, 3.63) is 22.8 Å². The van der Waals surface area contributed by atoms with Gasteiger partial charge in [0.25, 0.3) is 0 Å². The van der Waals surface area contributed by atoms with Crippen LogP contribution in [0.25, 0.3) is 0 Å². The van der Waals surface area contributed by atoms with E-state index in [9.17, 15) is 0 Å². The molecule has 0 aromatic carbocycles. The third-order valence-electron chi connectivity index (χ3n) is 2.02.